The Morgan fingerprint density at radius 3 is 2.87 bits per heavy atom. The number of aliphatic hydroxyl groups excluding tert-OH is 1. The van der Waals surface area contributed by atoms with Gasteiger partial charge in [-0.3, -0.25) is 4.79 Å². The summed E-state index contributed by atoms with van der Waals surface area (Å²) in [5, 5.41) is 12.5. The van der Waals surface area contributed by atoms with Crippen LogP contribution in [0.3, 0.4) is 0 Å². The number of amides is 1. The van der Waals surface area contributed by atoms with Crippen molar-refractivity contribution in [3.63, 3.8) is 0 Å². The van der Waals surface area contributed by atoms with Crippen molar-refractivity contribution in [1.82, 2.24) is 5.32 Å². The van der Waals surface area contributed by atoms with E-state index in [1.165, 1.54) is 6.42 Å². The van der Waals surface area contributed by atoms with Crippen LogP contribution in [0.5, 0.6) is 5.75 Å². The first-order valence-electron chi connectivity index (χ1n) is 11.2. The summed E-state index contributed by atoms with van der Waals surface area (Å²) in [7, 11) is 0. The highest BCUT2D eigenvalue weighted by molar-refractivity contribution is 9.10. The van der Waals surface area contributed by atoms with Crippen molar-refractivity contribution in [3.8, 4) is 5.75 Å². The molecule has 1 saturated carbocycles. The average Bonchev–Trinajstić information content (AvgIpc) is 2.68. The molecular weight excluding hydrogens is 446 g/mol. The number of ether oxygens (including phenoxy) is 2. The highest BCUT2D eigenvalue weighted by Gasteiger charge is 2.50. The van der Waals surface area contributed by atoms with Crippen LogP contribution in [0.2, 0.25) is 0 Å². The van der Waals surface area contributed by atoms with E-state index in [2.05, 4.69) is 41.2 Å². The fourth-order valence-corrected chi connectivity index (χ4v) is 5.28. The number of hydrogen-bond donors (Lipinski definition) is 2. The summed E-state index contributed by atoms with van der Waals surface area (Å²) in [6.07, 6.45) is 4.54. The first kappa shape index (κ1) is 23.6. The molecule has 1 aliphatic carbocycles. The summed E-state index contributed by atoms with van der Waals surface area (Å²) < 4.78 is 13.6. The van der Waals surface area contributed by atoms with E-state index in [-0.39, 0.29) is 36.2 Å². The van der Waals surface area contributed by atoms with E-state index in [1.54, 1.807) is 0 Å². The summed E-state index contributed by atoms with van der Waals surface area (Å²) in [6.45, 7) is 8.93. The summed E-state index contributed by atoms with van der Waals surface area (Å²) in [5.41, 5.74) is 0.684. The van der Waals surface area contributed by atoms with Crippen LogP contribution < -0.4 is 10.1 Å². The lowest BCUT2D eigenvalue weighted by atomic mass is 9.66. The zero-order chi connectivity index (χ0) is 21.9. The molecule has 0 unspecified atom stereocenters. The van der Waals surface area contributed by atoms with Crippen molar-refractivity contribution in [2.45, 2.75) is 77.5 Å². The van der Waals surface area contributed by atoms with Crippen LogP contribution in [0, 0.1) is 17.8 Å². The van der Waals surface area contributed by atoms with Gasteiger partial charge < -0.3 is 19.9 Å². The van der Waals surface area contributed by atoms with Gasteiger partial charge in [-0.1, -0.05) is 43.1 Å². The van der Waals surface area contributed by atoms with E-state index in [4.69, 9.17) is 14.6 Å². The molecule has 1 amide bonds. The minimum atomic E-state index is -0.320. The molecule has 30 heavy (non-hydrogen) atoms. The number of benzene rings is 1. The maximum Gasteiger partial charge on any atom is 0.222 e. The van der Waals surface area contributed by atoms with Gasteiger partial charge in [-0.2, -0.15) is 0 Å². The predicted octanol–water partition coefficient (Wildman–Crippen LogP) is 5.01. The lowest BCUT2D eigenvalue weighted by Crippen LogP contribution is -2.61. The van der Waals surface area contributed by atoms with E-state index in [9.17, 15) is 4.79 Å². The number of carbonyl (C=O) groups excluding carboxylic acids is 1. The maximum atomic E-state index is 12.7. The average molecular weight is 482 g/mol. The summed E-state index contributed by atoms with van der Waals surface area (Å²) in [6, 6.07) is 5.99. The molecule has 0 bridgehead atoms. The SMILES string of the molecule is CC(C)C(=O)N[C@]1(C)C[C@@H](c2cc(Br)ccc2OCCCO)O[C@H]2C[C@@H](C)CC[C@@H]21. The molecule has 1 aliphatic heterocycles. The maximum absolute atomic E-state index is 12.7. The van der Waals surface area contributed by atoms with Gasteiger partial charge in [0.05, 0.1) is 18.8 Å². The second-order valence-corrected chi connectivity index (χ2v) is 10.5. The minimum Gasteiger partial charge on any atom is -0.493 e. The molecule has 2 aliphatic rings. The second kappa shape index (κ2) is 10.0. The van der Waals surface area contributed by atoms with Gasteiger partial charge in [0.2, 0.25) is 5.91 Å². The van der Waals surface area contributed by atoms with Crippen molar-refractivity contribution in [1.29, 1.82) is 0 Å². The number of fused-ring (bicyclic) bond motifs is 1. The van der Waals surface area contributed by atoms with Crippen LogP contribution in [0.4, 0.5) is 0 Å². The van der Waals surface area contributed by atoms with Crippen LogP contribution in [0.25, 0.3) is 0 Å². The topological polar surface area (TPSA) is 67.8 Å². The highest BCUT2D eigenvalue weighted by atomic mass is 79.9. The quantitative estimate of drug-likeness (QED) is 0.537. The lowest BCUT2D eigenvalue weighted by molar-refractivity contribution is -0.155. The monoisotopic (exact) mass is 481 g/mol. The third kappa shape index (κ3) is 5.38. The van der Waals surface area contributed by atoms with Gasteiger partial charge in [-0.05, 0) is 43.9 Å². The normalized spacial score (nSPS) is 31.3. The molecule has 1 saturated heterocycles. The van der Waals surface area contributed by atoms with Gasteiger partial charge in [0, 0.05) is 46.9 Å². The van der Waals surface area contributed by atoms with Crippen molar-refractivity contribution in [3.05, 3.63) is 28.2 Å². The van der Waals surface area contributed by atoms with Crippen molar-refractivity contribution >= 4 is 21.8 Å². The zero-order valence-electron chi connectivity index (χ0n) is 18.6. The molecule has 5 nitrogen and oxygen atoms in total. The standard InChI is InChI=1S/C24H36BrNO4/c1-15(2)23(28)26-24(4)14-22(30-21-12-16(3)6-8-19(21)24)18-13-17(25)7-9-20(18)29-11-5-10-27/h7,9,13,15-16,19,21-22,27H,5-6,8,10-12,14H2,1-4H3,(H,26,28)/t16-,19-,21-,22-,24+/m0/s1. The number of halogens is 1. The molecule has 1 aromatic carbocycles. The number of hydrogen-bond acceptors (Lipinski definition) is 4. The van der Waals surface area contributed by atoms with E-state index in [0.717, 1.165) is 28.6 Å². The highest BCUT2D eigenvalue weighted by Crippen LogP contribution is 2.49. The molecule has 6 heteroatoms. The summed E-state index contributed by atoms with van der Waals surface area (Å²) in [5.74, 6) is 1.78. The molecule has 0 aromatic heterocycles. The lowest BCUT2D eigenvalue weighted by Gasteiger charge is -2.52. The molecule has 1 aromatic rings. The van der Waals surface area contributed by atoms with Gasteiger partial charge in [-0.15, -0.1) is 0 Å². The molecule has 0 radical (unpaired) electrons. The predicted molar refractivity (Wildman–Crippen MR) is 121 cm³/mol. The third-order valence-corrected chi connectivity index (χ3v) is 7.13. The smallest absolute Gasteiger partial charge is 0.222 e. The van der Waals surface area contributed by atoms with Gasteiger partial charge >= 0.3 is 0 Å². The van der Waals surface area contributed by atoms with Crippen LogP contribution in [-0.2, 0) is 9.53 Å². The fourth-order valence-electron chi connectivity index (χ4n) is 4.91. The summed E-state index contributed by atoms with van der Waals surface area (Å²) in [4.78, 5) is 12.7. The minimum absolute atomic E-state index is 0.0488. The Hall–Kier alpha value is -1.11. The molecular formula is C24H36BrNO4. The van der Waals surface area contributed by atoms with Crippen molar-refractivity contribution in [2.75, 3.05) is 13.2 Å². The molecule has 168 valence electrons. The van der Waals surface area contributed by atoms with Gasteiger partial charge in [0.25, 0.3) is 0 Å². The molecule has 3 rings (SSSR count). The van der Waals surface area contributed by atoms with Crippen LogP contribution in [0.15, 0.2) is 22.7 Å². The van der Waals surface area contributed by atoms with Crippen molar-refractivity contribution < 1.29 is 19.4 Å². The largest absolute Gasteiger partial charge is 0.493 e. The van der Waals surface area contributed by atoms with Gasteiger partial charge in [-0.25, -0.2) is 0 Å². The van der Waals surface area contributed by atoms with Crippen LogP contribution in [-0.4, -0.2) is 35.9 Å². The van der Waals surface area contributed by atoms with Gasteiger partial charge in [0.1, 0.15) is 5.75 Å². The fraction of sp³-hybridized carbons (Fsp3) is 0.708. The first-order valence-corrected chi connectivity index (χ1v) is 12.0. The number of rotatable bonds is 7. The summed E-state index contributed by atoms with van der Waals surface area (Å²) >= 11 is 3.59. The van der Waals surface area contributed by atoms with Gasteiger partial charge in [0.15, 0.2) is 0 Å². The Bertz CT molecular complexity index is 740. The Balaban J connectivity index is 1.92. The molecule has 2 N–H and O–H groups in total. The Morgan fingerprint density at radius 2 is 2.17 bits per heavy atom. The first-order chi connectivity index (χ1) is 14.2. The third-order valence-electron chi connectivity index (χ3n) is 6.63. The Labute approximate surface area is 189 Å². The number of aliphatic hydroxyl groups is 1. The Morgan fingerprint density at radius 1 is 1.40 bits per heavy atom. The number of carbonyl (C=O) groups is 1. The van der Waals surface area contributed by atoms with E-state index in [0.29, 0.717) is 31.3 Å². The van der Waals surface area contributed by atoms with E-state index in [1.807, 2.05) is 26.0 Å². The molecule has 5 atom stereocenters. The zero-order valence-corrected chi connectivity index (χ0v) is 20.2. The molecule has 2 fully saturated rings. The second-order valence-electron chi connectivity index (χ2n) is 9.56. The molecule has 1 heterocycles. The van der Waals surface area contributed by atoms with E-state index >= 15 is 0 Å². The van der Waals surface area contributed by atoms with Crippen molar-refractivity contribution in [2.24, 2.45) is 17.8 Å². The number of nitrogens with one attached hydrogen (secondary N) is 1. The molecule has 0 spiro atoms. The Kier molecular flexibility index (Phi) is 7.86. The van der Waals surface area contributed by atoms with Crippen LogP contribution >= 0.6 is 15.9 Å². The van der Waals surface area contributed by atoms with E-state index < -0.39 is 0 Å². The van der Waals surface area contributed by atoms with Crippen LogP contribution in [0.1, 0.15) is 71.5 Å².